The number of ether oxygens (including phenoxy) is 10. The summed E-state index contributed by atoms with van der Waals surface area (Å²) >= 11 is 12.2. The van der Waals surface area contributed by atoms with Gasteiger partial charge in [-0.25, -0.2) is 8.42 Å². The highest BCUT2D eigenvalue weighted by molar-refractivity contribution is 7.90. The largest absolute Gasteiger partial charge is 0.573 e. The van der Waals surface area contributed by atoms with Gasteiger partial charge in [-0.1, -0.05) is 86.4 Å². The summed E-state index contributed by atoms with van der Waals surface area (Å²) in [6.07, 6.45) is 10.1. The number of amides is 4. The van der Waals surface area contributed by atoms with Gasteiger partial charge in [0.1, 0.15) is 45.7 Å². The van der Waals surface area contributed by atoms with Crippen molar-refractivity contribution < 1.29 is 88.1 Å². The van der Waals surface area contributed by atoms with Crippen LogP contribution in [-0.2, 0) is 60.7 Å². The number of para-hydroxylation sites is 4. The van der Waals surface area contributed by atoms with Crippen molar-refractivity contribution in [1.82, 2.24) is 48.3 Å². The van der Waals surface area contributed by atoms with Gasteiger partial charge < -0.3 is 76.1 Å². The second-order valence-electron chi connectivity index (χ2n) is 36.0. The second kappa shape index (κ2) is 38.2. The molecule has 0 bridgehead atoms. The van der Waals surface area contributed by atoms with E-state index in [1.165, 1.54) is 36.4 Å². The molecule has 8 aliphatic rings. The van der Waals surface area contributed by atoms with Crippen LogP contribution in [0.3, 0.4) is 0 Å². The third-order valence-corrected chi connectivity index (χ3v) is 28.2. The van der Waals surface area contributed by atoms with Gasteiger partial charge >= 0.3 is 6.36 Å². The summed E-state index contributed by atoms with van der Waals surface area (Å²) in [5, 5.41) is 10.0. The minimum Gasteiger partial charge on any atom is -0.496 e. The monoisotopic (exact) mass is 1900 g/mol. The van der Waals surface area contributed by atoms with E-state index in [9.17, 15) is 40.8 Å². The first-order valence-electron chi connectivity index (χ1n) is 45.1. The fourth-order valence-electron chi connectivity index (χ4n) is 19.7. The Morgan fingerprint density at radius 2 is 0.948 bits per heavy atom. The summed E-state index contributed by atoms with van der Waals surface area (Å²) in [5.74, 6) is 4.32. The van der Waals surface area contributed by atoms with Crippen LogP contribution >= 0.6 is 23.2 Å². The number of benzene rings is 8. The number of likely N-dealkylation sites (tertiary alicyclic amines) is 4. The number of rotatable bonds is 16. The van der Waals surface area contributed by atoms with E-state index in [0.717, 1.165) is 110 Å². The molecule has 4 aromatic heterocycles. The minimum atomic E-state index is -4.77. The molecule has 12 aromatic rings. The number of hydrogen-bond donors (Lipinski definition) is 0. The van der Waals surface area contributed by atoms with Crippen molar-refractivity contribution in [2.24, 2.45) is 7.05 Å². The molecule has 0 radical (unpaired) electrons. The van der Waals surface area contributed by atoms with Gasteiger partial charge in [-0.15, -0.1) is 13.2 Å². The van der Waals surface area contributed by atoms with Crippen LogP contribution in [0.4, 0.5) is 13.2 Å². The fraction of sp³-hybridized carbons (Fsp3) is 0.359. The molecule has 8 aromatic carbocycles. The van der Waals surface area contributed by atoms with Crippen LogP contribution in [0.15, 0.2) is 218 Å². The van der Waals surface area contributed by atoms with Gasteiger partial charge in [0.25, 0.3) is 23.6 Å². The summed E-state index contributed by atoms with van der Waals surface area (Å²) in [6, 6.07) is 57.2. The van der Waals surface area contributed by atoms with Crippen molar-refractivity contribution >= 4 is 56.7 Å². The van der Waals surface area contributed by atoms with Gasteiger partial charge in [-0.2, -0.15) is 10.2 Å². The van der Waals surface area contributed by atoms with Crippen molar-refractivity contribution in [2.45, 2.75) is 131 Å². The van der Waals surface area contributed by atoms with Crippen molar-refractivity contribution in [3.05, 3.63) is 279 Å². The van der Waals surface area contributed by atoms with E-state index in [2.05, 4.69) is 70.2 Å². The maximum absolute atomic E-state index is 13.5. The number of halogens is 5. The van der Waals surface area contributed by atoms with Gasteiger partial charge in [0.15, 0.2) is 32.5 Å². The number of piperidine rings is 4. The SMILES string of the molecule is COCCCOc1ccc(C(=O)N2CCC3(CC2)Oc2ccccc2-n2cccc23)cc1OC.COCCn1ncc2c1-c1ccccc1OC21CCN(C(=O)c2ccc(C(C)(C)C)c(OC)c2)CC1.CS(=O)(=O)c1cc(Cl)ccc1C(=O)N1CCC2(CC1)Oc1cc(Cl)ccc1-n1cccc12.Cc1cc(OC(F)(F)F)ccc1C(=O)N1CCC2(CC1)Oc1ccccc1-c1c2cnn1C. The lowest BCUT2D eigenvalue weighted by Gasteiger charge is -2.45. The number of alkyl halides is 3. The smallest absolute Gasteiger partial charge is 0.496 e. The van der Waals surface area contributed by atoms with Gasteiger partial charge in [-0.3, -0.25) is 28.5 Å². The molecular formula is C103H107Cl2F3N10O16S. The molecule has 0 atom stereocenters. The molecule has 4 spiro atoms. The molecule has 4 amide bonds. The molecule has 12 heterocycles. The molecule has 0 saturated carbocycles. The quantitative estimate of drug-likeness (QED) is 0.0815. The number of nitrogens with zero attached hydrogens (tertiary/aromatic N) is 10. The maximum atomic E-state index is 13.5. The number of sulfone groups is 1. The van der Waals surface area contributed by atoms with E-state index < -0.39 is 38.6 Å². The lowest BCUT2D eigenvalue weighted by atomic mass is 9.80. The number of carbonyl (C=O) groups excluding carboxylic acids is 4. The average molecular weight is 1900 g/mol. The predicted molar refractivity (Wildman–Crippen MR) is 504 cm³/mol. The summed E-state index contributed by atoms with van der Waals surface area (Å²) < 4.78 is 128. The molecule has 8 aliphatic heterocycles. The molecule has 135 heavy (non-hydrogen) atoms. The standard InChI is InChI=1S/C29H35N3O4.C27H30N2O5.C24H22F3N3O3.C23H20Cl2N2O4S/c1-28(2,3)22-11-10-20(18-25(22)35-5)27(33)31-14-12-29(13-15-31)23-19-30-32(16-17-34-4)26(23)21-8-6-7-9-24(21)36-29;1-31-17-6-18-33-23-11-10-20(19-24(23)32-2)26(30)28-15-12-27(13-16-28)25-9-5-14-29(25)21-7-3-4-8-22(21)34-27;1-15-13-16(32-24(25,26)27)7-8-17(15)22(31)30-11-9-23(10-12-30)19-14-28-29(2)21(19)18-5-3-4-6-20(18)33-23;1-32(29,30)20-14-16(25)4-6-17(20)22(28)26-11-8-23(9-12-26)21-3-2-10-27(21)18-7-5-15(24)13-19(18)31-23/h6-11,18-19H,12-17H2,1-5H3;3-5,7-11,14,19H,6,12-13,15-18H2,1-2H3;3-8,13-14H,9-12H2,1-2H3;2-7,10,13-14H,8-9,11-12H2,1H3. The summed E-state index contributed by atoms with van der Waals surface area (Å²) in [4.78, 5) is 60.3. The molecule has 706 valence electrons. The van der Waals surface area contributed by atoms with Crippen LogP contribution < -0.4 is 37.9 Å². The molecule has 4 saturated heterocycles. The average Bonchev–Trinajstić information content (AvgIpc) is 1.67. The molecule has 0 N–H and O–H groups in total. The van der Waals surface area contributed by atoms with Crippen LogP contribution in [0.5, 0.6) is 46.0 Å². The molecule has 0 aliphatic carbocycles. The number of methoxy groups -OCH3 is 4. The molecule has 32 heteroatoms. The number of fused-ring (bicyclic) bond motifs is 16. The Balaban J connectivity index is 0.000000125. The Labute approximate surface area is 792 Å². The molecular weight excluding hydrogens is 1790 g/mol. The lowest BCUT2D eigenvalue weighted by Crippen LogP contribution is -2.50. The van der Waals surface area contributed by atoms with Gasteiger partial charge in [0.05, 0.1) is 91.0 Å². The predicted octanol–water partition coefficient (Wildman–Crippen LogP) is 19.0. The van der Waals surface area contributed by atoms with E-state index >= 15 is 0 Å². The van der Waals surface area contributed by atoms with Crippen LogP contribution in [0, 0.1) is 6.92 Å². The van der Waals surface area contributed by atoms with Gasteiger partial charge in [-0.05, 0) is 163 Å². The Kier molecular flexibility index (Phi) is 26.6. The Morgan fingerprint density at radius 3 is 1.50 bits per heavy atom. The number of hydrogen-bond acceptors (Lipinski definition) is 18. The third kappa shape index (κ3) is 18.9. The Bertz CT molecular complexity index is 6570. The third-order valence-electron chi connectivity index (χ3n) is 26.6. The van der Waals surface area contributed by atoms with Crippen LogP contribution in [-0.4, -0.2) is 194 Å². The Morgan fingerprint density at radius 1 is 0.474 bits per heavy atom. The summed E-state index contributed by atoms with van der Waals surface area (Å²) in [7, 11) is 4.91. The van der Waals surface area contributed by atoms with Crippen molar-refractivity contribution in [3.8, 4) is 79.9 Å². The highest BCUT2D eigenvalue weighted by atomic mass is 35.5. The van der Waals surface area contributed by atoms with Crippen molar-refractivity contribution in [1.29, 1.82) is 0 Å². The zero-order chi connectivity index (χ0) is 95.1. The van der Waals surface area contributed by atoms with E-state index in [4.69, 9.17) is 70.9 Å². The maximum Gasteiger partial charge on any atom is 0.573 e. The van der Waals surface area contributed by atoms with E-state index in [1.54, 1.807) is 63.4 Å². The van der Waals surface area contributed by atoms with Crippen LogP contribution in [0.1, 0.15) is 154 Å². The first-order chi connectivity index (χ1) is 64.8. The van der Waals surface area contributed by atoms with E-state index in [1.807, 2.05) is 154 Å². The van der Waals surface area contributed by atoms with Crippen molar-refractivity contribution in [3.63, 3.8) is 0 Å². The number of carbonyl (C=O) groups is 4. The highest BCUT2D eigenvalue weighted by Gasteiger charge is 2.51. The van der Waals surface area contributed by atoms with Crippen molar-refractivity contribution in [2.75, 3.05) is 107 Å². The van der Waals surface area contributed by atoms with Crippen LogP contribution in [0.2, 0.25) is 10.0 Å². The second-order valence-corrected chi connectivity index (χ2v) is 38.8. The minimum absolute atomic E-state index is 0.00863. The fourth-order valence-corrected chi connectivity index (χ4v) is 21.0. The molecule has 26 nitrogen and oxygen atoms in total. The highest BCUT2D eigenvalue weighted by Crippen LogP contribution is 2.54. The van der Waals surface area contributed by atoms with E-state index in [-0.39, 0.29) is 50.3 Å². The van der Waals surface area contributed by atoms with Gasteiger partial charge in [0.2, 0.25) is 0 Å². The zero-order valence-corrected chi connectivity index (χ0v) is 79.2. The molecule has 20 rings (SSSR count). The Hall–Kier alpha value is -12.7. The van der Waals surface area contributed by atoms with Crippen LogP contribution in [0.25, 0.3) is 33.9 Å². The topological polar surface area (TPSA) is 253 Å². The van der Waals surface area contributed by atoms with E-state index in [0.29, 0.717) is 162 Å². The number of aromatic nitrogens is 6. The molecule has 0 unspecified atom stereocenters. The lowest BCUT2D eigenvalue weighted by molar-refractivity contribution is -0.274. The van der Waals surface area contributed by atoms with Gasteiger partial charge in [0, 0.05) is 212 Å². The summed E-state index contributed by atoms with van der Waals surface area (Å²) in [5.41, 5.74) is 11.5. The number of aryl methyl sites for hydroxylation is 2. The normalized spacial score (nSPS) is 16.4. The summed E-state index contributed by atoms with van der Waals surface area (Å²) in [6.45, 7) is 14.6. The zero-order valence-electron chi connectivity index (χ0n) is 76.9. The molecule has 4 fully saturated rings. The first-order valence-corrected chi connectivity index (χ1v) is 47.7. The first kappa shape index (κ1) is 94.0.